The molecule has 4 nitrogen and oxygen atoms in total. The zero-order valence-corrected chi connectivity index (χ0v) is 12.8. The number of benzene rings is 1. The minimum absolute atomic E-state index is 0.0183. The van der Waals surface area contributed by atoms with Gasteiger partial charge in [-0.1, -0.05) is 12.1 Å². The van der Waals surface area contributed by atoms with Gasteiger partial charge >= 0.3 is 0 Å². The Hall–Kier alpha value is -1.88. The van der Waals surface area contributed by atoms with Crippen molar-refractivity contribution < 1.29 is 4.79 Å². The number of nitrogens with zero attached hydrogens (tertiary/aromatic N) is 1. The maximum absolute atomic E-state index is 11.3. The molecule has 0 bridgehead atoms. The van der Waals surface area contributed by atoms with Crippen molar-refractivity contribution in [1.29, 1.82) is 0 Å². The van der Waals surface area contributed by atoms with Crippen LogP contribution in [0.1, 0.15) is 11.3 Å². The Labute approximate surface area is 126 Å². The molecule has 5 heteroatoms. The lowest BCUT2D eigenvalue weighted by Gasteiger charge is -2.07. The number of nitrogens with one attached hydrogen (secondary N) is 2. The third kappa shape index (κ3) is 4.35. The zero-order valence-electron chi connectivity index (χ0n) is 11.2. The van der Waals surface area contributed by atoms with Gasteiger partial charge in [-0.3, -0.25) is 9.78 Å². The number of carbonyl (C=O) groups is 1. The highest BCUT2D eigenvalue weighted by atomic mass is 79.9. The van der Waals surface area contributed by atoms with Crippen LogP contribution >= 0.6 is 15.9 Å². The van der Waals surface area contributed by atoms with E-state index in [2.05, 4.69) is 31.5 Å². The summed E-state index contributed by atoms with van der Waals surface area (Å²) >= 11 is 3.36. The first kappa shape index (κ1) is 14.5. The maximum atomic E-state index is 11.3. The molecule has 1 aromatic carbocycles. The number of pyridine rings is 1. The SMILES string of the molecule is CNC(=O)Cc1ccc(NCc2ccc(Br)cn2)cc1. The molecule has 20 heavy (non-hydrogen) atoms. The molecule has 2 rings (SSSR count). The summed E-state index contributed by atoms with van der Waals surface area (Å²) in [5, 5.41) is 5.91. The van der Waals surface area contributed by atoms with E-state index >= 15 is 0 Å². The number of anilines is 1. The predicted molar refractivity (Wildman–Crippen MR) is 83.5 cm³/mol. The monoisotopic (exact) mass is 333 g/mol. The van der Waals surface area contributed by atoms with Crippen molar-refractivity contribution in [2.45, 2.75) is 13.0 Å². The summed E-state index contributed by atoms with van der Waals surface area (Å²) in [6, 6.07) is 11.8. The van der Waals surface area contributed by atoms with Crippen LogP contribution in [-0.2, 0) is 17.8 Å². The summed E-state index contributed by atoms with van der Waals surface area (Å²) in [7, 11) is 1.64. The van der Waals surface area contributed by atoms with E-state index in [1.54, 1.807) is 13.2 Å². The van der Waals surface area contributed by atoms with Gasteiger partial charge in [-0.15, -0.1) is 0 Å². The molecule has 1 aromatic heterocycles. The molecule has 0 radical (unpaired) electrons. The minimum Gasteiger partial charge on any atom is -0.379 e. The first-order valence-electron chi connectivity index (χ1n) is 6.31. The molecule has 0 aliphatic rings. The second-order valence-electron chi connectivity index (χ2n) is 4.37. The van der Waals surface area contributed by atoms with Gasteiger partial charge in [0.1, 0.15) is 0 Å². The van der Waals surface area contributed by atoms with Crippen LogP contribution in [0.3, 0.4) is 0 Å². The Balaban J connectivity index is 1.90. The van der Waals surface area contributed by atoms with Gasteiger partial charge in [-0.25, -0.2) is 0 Å². The van der Waals surface area contributed by atoms with Crippen LogP contribution < -0.4 is 10.6 Å². The summed E-state index contributed by atoms with van der Waals surface area (Å²) in [6.07, 6.45) is 2.19. The van der Waals surface area contributed by atoms with E-state index in [4.69, 9.17) is 0 Å². The van der Waals surface area contributed by atoms with Gasteiger partial charge in [0.25, 0.3) is 0 Å². The molecule has 2 N–H and O–H groups in total. The molecule has 104 valence electrons. The summed E-state index contributed by atoms with van der Waals surface area (Å²) in [5.74, 6) is 0.0183. The molecule has 0 atom stereocenters. The van der Waals surface area contributed by atoms with E-state index in [-0.39, 0.29) is 5.91 Å². The molecular formula is C15H16BrN3O. The minimum atomic E-state index is 0.0183. The van der Waals surface area contributed by atoms with Crippen LogP contribution in [0.5, 0.6) is 0 Å². The van der Waals surface area contributed by atoms with Gasteiger partial charge in [0.15, 0.2) is 0 Å². The van der Waals surface area contributed by atoms with Gasteiger partial charge in [-0.2, -0.15) is 0 Å². The normalized spacial score (nSPS) is 10.1. The average Bonchev–Trinajstić information content (AvgIpc) is 2.48. The van der Waals surface area contributed by atoms with E-state index in [0.29, 0.717) is 13.0 Å². The fraction of sp³-hybridized carbons (Fsp3) is 0.200. The standard InChI is InChI=1S/C15H16BrN3O/c1-17-15(20)8-11-2-5-13(6-3-11)19-10-14-7-4-12(16)9-18-14/h2-7,9,19H,8,10H2,1H3,(H,17,20). The Morgan fingerprint density at radius 1 is 1.20 bits per heavy atom. The number of carbonyl (C=O) groups excluding carboxylic acids is 1. The first-order valence-corrected chi connectivity index (χ1v) is 7.10. The number of halogens is 1. The summed E-state index contributed by atoms with van der Waals surface area (Å²) in [5.41, 5.74) is 2.98. The predicted octanol–water partition coefficient (Wildman–Crippen LogP) is 2.74. The smallest absolute Gasteiger partial charge is 0.224 e. The molecule has 0 unspecified atom stereocenters. The van der Waals surface area contributed by atoms with Crippen molar-refractivity contribution in [1.82, 2.24) is 10.3 Å². The van der Waals surface area contributed by atoms with E-state index < -0.39 is 0 Å². The van der Waals surface area contributed by atoms with Gasteiger partial charge < -0.3 is 10.6 Å². The van der Waals surface area contributed by atoms with Crippen LogP contribution in [-0.4, -0.2) is 17.9 Å². The largest absolute Gasteiger partial charge is 0.379 e. The van der Waals surface area contributed by atoms with E-state index in [1.807, 2.05) is 36.4 Å². The second-order valence-corrected chi connectivity index (χ2v) is 5.28. The molecule has 1 amide bonds. The van der Waals surface area contributed by atoms with Crippen molar-refractivity contribution in [3.05, 3.63) is 58.3 Å². The van der Waals surface area contributed by atoms with Crippen LogP contribution in [0.2, 0.25) is 0 Å². The third-order valence-electron chi connectivity index (χ3n) is 2.86. The highest BCUT2D eigenvalue weighted by Crippen LogP contribution is 2.12. The van der Waals surface area contributed by atoms with E-state index in [1.165, 1.54) is 0 Å². The first-order chi connectivity index (χ1) is 9.67. The van der Waals surface area contributed by atoms with E-state index in [0.717, 1.165) is 21.4 Å². The zero-order chi connectivity index (χ0) is 14.4. The molecule has 0 fully saturated rings. The molecule has 2 aromatic rings. The quantitative estimate of drug-likeness (QED) is 0.884. The number of hydrogen-bond acceptors (Lipinski definition) is 3. The van der Waals surface area contributed by atoms with Gasteiger partial charge in [0, 0.05) is 23.4 Å². The fourth-order valence-corrected chi connectivity index (χ4v) is 1.95. The highest BCUT2D eigenvalue weighted by Gasteiger charge is 2.01. The van der Waals surface area contributed by atoms with Gasteiger partial charge in [0.2, 0.25) is 5.91 Å². The maximum Gasteiger partial charge on any atom is 0.224 e. The lowest BCUT2D eigenvalue weighted by Crippen LogP contribution is -2.19. The summed E-state index contributed by atoms with van der Waals surface area (Å²) in [6.45, 7) is 0.669. The highest BCUT2D eigenvalue weighted by molar-refractivity contribution is 9.10. The lowest BCUT2D eigenvalue weighted by atomic mass is 10.1. The van der Waals surface area contributed by atoms with Crippen LogP contribution in [0, 0.1) is 0 Å². The number of rotatable bonds is 5. The number of hydrogen-bond donors (Lipinski definition) is 2. The fourth-order valence-electron chi connectivity index (χ4n) is 1.72. The molecule has 0 saturated heterocycles. The van der Waals surface area contributed by atoms with Crippen LogP contribution in [0.4, 0.5) is 5.69 Å². The van der Waals surface area contributed by atoms with E-state index in [9.17, 15) is 4.79 Å². The van der Waals surface area contributed by atoms with Crippen LogP contribution in [0.25, 0.3) is 0 Å². The molecule has 0 aliphatic heterocycles. The molecule has 0 aliphatic carbocycles. The van der Waals surface area contributed by atoms with Gasteiger partial charge in [-0.05, 0) is 45.8 Å². The number of likely N-dealkylation sites (N-methyl/N-ethyl adjacent to an activating group) is 1. The number of aromatic nitrogens is 1. The Kier molecular flexibility index (Phi) is 5.12. The van der Waals surface area contributed by atoms with Crippen LogP contribution in [0.15, 0.2) is 47.1 Å². The molecule has 0 saturated carbocycles. The van der Waals surface area contributed by atoms with Crippen molar-refractivity contribution in [2.75, 3.05) is 12.4 Å². The summed E-state index contributed by atoms with van der Waals surface area (Å²) < 4.78 is 0.972. The van der Waals surface area contributed by atoms with Crippen molar-refractivity contribution in [3.63, 3.8) is 0 Å². The Morgan fingerprint density at radius 3 is 2.55 bits per heavy atom. The lowest BCUT2D eigenvalue weighted by molar-refractivity contribution is -0.119. The Morgan fingerprint density at radius 2 is 1.95 bits per heavy atom. The van der Waals surface area contributed by atoms with Gasteiger partial charge in [0.05, 0.1) is 18.7 Å². The number of amides is 1. The molecule has 0 spiro atoms. The topological polar surface area (TPSA) is 54.0 Å². The molecule has 1 heterocycles. The Bertz CT molecular complexity index is 567. The van der Waals surface area contributed by atoms with Crippen molar-refractivity contribution >= 4 is 27.5 Å². The van der Waals surface area contributed by atoms with Crippen molar-refractivity contribution in [2.24, 2.45) is 0 Å². The second kappa shape index (κ2) is 7.05. The van der Waals surface area contributed by atoms with Crippen molar-refractivity contribution in [3.8, 4) is 0 Å². The molecular weight excluding hydrogens is 318 g/mol. The average molecular weight is 334 g/mol. The summed E-state index contributed by atoms with van der Waals surface area (Å²) in [4.78, 5) is 15.6. The third-order valence-corrected chi connectivity index (χ3v) is 3.33.